The number of benzene rings is 1. The summed E-state index contributed by atoms with van der Waals surface area (Å²) in [5.41, 5.74) is 7.33. The molecule has 0 amide bonds. The van der Waals surface area contributed by atoms with Crippen LogP contribution in [-0.4, -0.2) is 4.98 Å². The summed E-state index contributed by atoms with van der Waals surface area (Å²) in [6.07, 6.45) is 2.25. The molecule has 0 aliphatic heterocycles. The highest BCUT2D eigenvalue weighted by atomic mass is 35.5. The quantitative estimate of drug-likeness (QED) is 0.778. The molecule has 1 aromatic carbocycles. The lowest BCUT2D eigenvalue weighted by Crippen LogP contribution is -1.87. The Bertz CT molecular complexity index is 546. The first-order valence-corrected chi connectivity index (χ1v) is 5.46. The minimum Gasteiger partial charge on any atom is -0.438 e. The lowest BCUT2D eigenvalue weighted by atomic mass is 10.3. The van der Waals surface area contributed by atoms with Crippen molar-refractivity contribution in [3.05, 3.63) is 22.0 Å². The lowest BCUT2D eigenvalue weighted by molar-refractivity contribution is 0.534. The van der Waals surface area contributed by atoms with Gasteiger partial charge in [0, 0.05) is 5.92 Å². The molecule has 78 valence electrons. The molecule has 0 radical (unpaired) electrons. The second-order valence-electron chi connectivity index (χ2n) is 3.76. The number of nitrogen functional groups attached to an aromatic ring is 1. The summed E-state index contributed by atoms with van der Waals surface area (Å²) < 4.78 is 5.58. The molecule has 1 fully saturated rings. The molecule has 15 heavy (non-hydrogen) atoms. The third-order valence-corrected chi connectivity index (χ3v) is 3.15. The highest BCUT2D eigenvalue weighted by Crippen LogP contribution is 2.43. The molecule has 1 aliphatic carbocycles. The van der Waals surface area contributed by atoms with Gasteiger partial charge >= 0.3 is 0 Å². The van der Waals surface area contributed by atoms with Crippen molar-refractivity contribution in [1.29, 1.82) is 0 Å². The molecular weight excluding hydrogens is 235 g/mol. The molecule has 0 saturated heterocycles. The van der Waals surface area contributed by atoms with Crippen molar-refractivity contribution < 1.29 is 4.42 Å². The predicted molar refractivity (Wildman–Crippen MR) is 60.4 cm³/mol. The third-order valence-electron chi connectivity index (χ3n) is 2.55. The number of hydrogen-bond donors (Lipinski definition) is 1. The van der Waals surface area contributed by atoms with E-state index in [-0.39, 0.29) is 0 Å². The zero-order valence-electron chi connectivity index (χ0n) is 7.76. The van der Waals surface area contributed by atoms with E-state index in [1.54, 1.807) is 6.07 Å². The van der Waals surface area contributed by atoms with Crippen LogP contribution in [0.1, 0.15) is 24.7 Å². The van der Waals surface area contributed by atoms with E-state index in [0.29, 0.717) is 32.8 Å². The van der Waals surface area contributed by atoms with Crippen molar-refractivity contribution in [3.63, 3.8) is 0 Å². The maximum atomic E-state index is 6.01. The van der Waals surface area contributed by atoms with Gasteiger partial charge < -0.3 is 10.2 Å². The third kappa shape index (κ3) is 1.38. The van der Waals surface area contributed by atoms with Gasteiger partial charge in [-0.05, 0) is 18.9 Å². The maximum absolute atomic E-state index is 6.01. The Morgan fingerprint density at radius 2 is 2.07 bits per heavy atom. The molecule has 0 bridgehead atoms. The summed E-state index contributed by atoms with van der Waals surface area (Å²) in [7, 11) is 0. The van der Waals surface area contributed by atoms with Crippen LogP contribution in [0.4, 0.5) is 5.69 Å². The fraction of sp³-hybridized carbons (Fsp3) is 0.300. The molecule has 0 spiro atoms. The number of oxazole rings is 1. The van der Waals surface area contributed by atoms with Crippen molar-refractivity contribution in [1.82, 2.24) is 4.98 Å². The Balaban J connectivity index is 2.32. The monoisotopic (exact) mass is 242 g/mol. The Labute approximate surface area is 96.2 Å². The fourth-order valence-corrected chi connectivity index (χ4v) is 2.04. The SMILES string of the molecule is Nc1c(Cl)cc(Cl)c2nc(C3CC3)oc12. The molecule has 5 heteroatoms. The second kappa shape index (κ2) is 3.03. The number of hydrogen-bond acceptors (Lipinski definition) is 3. The van der Waals surface area contributed by atoms with Gasteiger partial charge in [0.15, 0.2) is 11.5 Å². The van der Waals surface area contributed by atoms with Crippen LogP contribution >= 0.6 is 23.2 Å². The highest BCUT2D eigenvalue weighted by molar-refractivity contribution is 6.40. The van der Waals surface area contributed by atoms with Gasteiger partial charge in [0.1, 0.15) is 5.52 Å². The Morgan fingerprint density at radius 3 is 2.73 bits per heavy atom. The number of rotatable bonds is 1. The summed E-state index contributed by atoms with van der Waals surface area (Å²) in [6.45, 7) is 0. The molecule has 1 saturated carbocycles. The van der Waals surface area contributed by atoms with Gasteiger partial charge in [-0.15, -0.1) is 0 Å². The number of nitrogens with two attached hydrogens (primary N) is 1. The van der Waals surface area contributed by atoms with Gasteiger partial charge in [-0.1, -0.05) is 23.2 Å². The Hall–Kier alpha value is -0.930. The average molecular weight is 243 g/mol. The van der Waals surface area contributed by atoms with Gasteiger partial charge in [0.2, 0.25) is 0 Å². The van der Waals surface area contributed by atoms with Crippen molar-refractivity contribution >= 4 is 40.0 Å². The summed E-state index contributed by atoms with van der Waals surface area (Å²) >= 11 is 11.9. The summed E-state index contributed by atoms with van der Waals surface area (Å²) in [4.78, 5) is 4.34. The van der Waals surface area contributed by atoms with Gasteiger partial charge in [0.25, 0.3) is 0 Å². The Kier molecular flexibility index (Phi) is 1.88. The van der Waals surface area contributed by atoms with Gasteiger partial charge in [-0.25, -0.2) is 4.98 Å². The first kappa shape index (κ1) is 9.31. The Morgan fingerprint density at radius 1 is 1.33 bits per heavy atom. The number of nitrogens with zero attached hydrogens (tertiary/aromatic N) is 1. The van der Waals surface area contributed by atoms with E-state index >= 15 is 0 Å². The molecule has 1 aliphatic rings. The summed E-state index contributed by atoms with van der Waals surface area (Å²) in [5, 5.41) is 0.894. The van der Waals surface area contributed by atoms with Crippen LogP contribution in [0.25, 0.3) is 11.1 Å². The number of fused-ring (bicyclic) bond motifs is 1. The zero-order chi connectivity index (χ0) is 10.6. The highest BCUT2D eigenvalue weighted by Gasteiger charge is 2.30. The predicted octanol–water partition coefficient (Wildman–Crippen LogP) is 3.59. The molecule has 2 aromatic rings. The molecule has 3 nitrogen and oxygen atoms in total. The first-order valence-electron chi connectivity index (χ1n) is 4.70. The van der Waals surface area contributed by atoms with Crippen LogP contribution in [0.2, 0.25) is 10.0 Å². The van der Waals surface area contributed by atoms with Gasteiger partial charge in [0.05, 0.1) is 15.7 Å². The minimum atomic E-state index is 0.408. The largest absolute Gasteiger partial charge is 0.438 e. The van der Waals surface area contributed by atoms with E-state index in [1.807, 2.05) is 0 Å². The maximum Gasteiger partial charge on any atom is 0.198 e. The minimum absolute atomic E-state index is 0.408. The van der Waals surface area contributed by atoms with E-state index in [9.17, 15) is 0 Å². The standard InChI is InChI=1S/C10H8Cl2N2O/c11-5-3-6(12)8-9(7(5)13)15-10(14-8)4-1-2-4/h3-4H,1-2,13H2. The molecule has 3 rings (SSSR count). The van der Waals surface area contributed by atoms with E-state index < -0.39 is 0 Å². The fourth-order valence-electron chi connectivity index (χ4n) is 1.55. The number of anilines is 1. The molecule has 0 unspecified atom stereocenters. The van der Waals surface area contributed by atoms with Crippen molar-refractivity contribution in [3.8, 4) is 0 Å². The van der Waals surface area contributed by atoms with Crippen LogP contribution in [0.5, 0.6) is 0 Å². The molecular formula is C10H8Cl2N2O. The lowest BCUT2D eigenvalue weighted by Gasteiger charge is -1.98. The normalized spacial score (nSPS) is 16.1. The second-order valence-corrected chi connectivity index (χ2v) is 4.57. The van der Waals surface area contributed by atoms with Gasteiger partial charge in [-0.3, -0.25) is 0 Å². The molecule has 1 heterocycles. The van der Waals surface area contributed by atoms with Crippen molar-refractivity contribution in [2.75, 3.05) is 5.73 Å². The number of halogens is 2. The van der Waals surface area contributed by atoms with E-state index in [2.05, 4.69) is 4.98 Å². The van der Waals surface area contributed by atoms with E-state index in [0.717, 1.165) is 18.7 Å². The molecule has 1 aromatic heterocycles. The van der Waals surface area contributed by atoms with Gasteiger partial charge in [-0.2, -0.15) is 0 Å². The van der Waals surface area contributed by atoms with E-state index in [4.69, 9.17) is 33.4 Å². The summed E-state index contributed by atoms with van der Waals surface area (Å²) in [6, 6.07) is 1.60. The van der Waals surface area contributed by atoms with Crippen molar-refractivity contribution in [2.24, 2.45) is 0 Å². The first-order chi connectivity index (χ1) is 7.16. The van der Waals surface area contributed by atoms with Crippen LogP contribution in [-0.2, 0) is 0 Å². The van der Waals surface area contributed by atoms with Crippen LogP contribution in [0.15, 0.2) is 10.5 Å². The van der Waals surface area contributed by atoms with Crippen LogP contribution in [0, 0.1) is 0 Å². The van der Waals surface area contributed by atoms with E-state index in [1.165, 1.54) is 0 Å². The van der Waals surface area contributed by atoms with Crippen LogP contribution in [0.3, 0.4) is 0 Å². The zero-order valence-corrected chi connectivity index (χ0v) is 9.27. The molecule has 0 atom stereocenters. The smallest absolute Gasteiger partial charge is 0.198 e. The topological polar surface area (TPSA) is 52.0 Å². The van der Waals surface area contributed by atoms with Crippen LogP contribution < -0.4 is 5.73 Å². The average Bonchev–Trinajstić information content (AvgIpc) is 2.94. The van der Waals surface area contributed by atoms with Crippen molar-refractivity contribution in [2.45, 2.75) is 18.8 Å². The molecule has 2 N–H and O–H groups in total. The summed E-state index contributed by atoms with van der Waals surface area (Å²) in [5.74, 6) is 1.16. The number of aromatic nitrogens is 1.